The zero-order valence-electron chi connectivity index (χ0n) is 15.7. The fourth-order valence-electron chi connectivity index (χ4n) is 3.99. The van der Waals surface area contributed by atoms with E-state index >= 15 is 0 Å². The molecule has 1 atom stereocenters. The molecule has 4 nitrogen and oxygen atoms in total. The van der Waals surface area contributed by atoms with Gasteiger partial charge in [-0.25, -0.2) is 0 Å². The number of carbonyl (C=O) groups excluding carboxylic acids is 1. The molecule has 2 fully saturated rings. The number of nitrogens with zero attached hydrogens (tertiary/aromatic N) is 1. The summed E-state index contributed by atoms with van der Waals surface area (Å²) in [5, 5.41) is 3.52. The van der Waals surface area contributed by atoms with Crippen molar-refractivity contribution in [1.82, 2.24) is 10.2 Å². The lowest BCUT2D eigenvalue weighted by Gasteiger charge is -2.28. The highest BCUT2D eigenvalue weighted by Gasteiger charge is 2.32. The SMILES string of the molecule is COc1ccc(C(NCC(=O)N(C)CC2CCCCC2)C2CC2)cc1. The van der Waals surface area contributed by atoms with Crippen LogP contribution < -0.4 is 10.1 Å². The lowest BCUT2D eigenvalue weighted by molar-refractivity contribution is -0.129. The van der Waals surface area contributed by atoms with Gasteiger partial charge in [0.1, 0.15) is 5.75 Å². The molecule has 2 aliphatic rings. The zero-order chi connectivity index (χ0) is 17.6. The summed E-state index contributed by atoms with van der Waals surface area (Å²) in [5.74, 6) is 2.44. The number of carbonyl (C=O) groups is 1. The molecule has 1 aromatic rings. The minimum Gasteiger partial charge on any atom is -0.497 e. The molecule has 0 heterocycles. The Morgan fingerprint density at radius 1 is 1.16 bits per heavy atom. The van der Waals surface area contributed by atoms with E-state index in [0.717, 1.165) is 12.3 Å². The smallest absolute Gasteiger partial charge is 0.236 e. The van der Waals surface area contributed by atoms with E-state index in [2.05, 4.69) is 17.4 Å². The Kier molecular flexibility index (Phi) is 6.35. The van der Waals surface area contributed by atoms with Crippen molar-refractivity contribution in [2.45, 2.75) is 51.0 Å². The standard InChI is InChI=1S/C21H32N2O2/c1-23(15-16-6-4-3-5-7-16)20(24)14-22-21(17-8-9-17)18-10-12-19(25-2)13-11-18/h10-13,16-17,21-22H,3-9,14-15H2,1-2H3. The molecule has 0 saturated heterocycles. The van der Waals surface area contributed by atoms with E-state index in [0.29, 0.717) is 18.4 Å². The van der Waals surface area contributed by atoms with Gasteiger partial charge < -0.3 is 15.0 Å². The number of rotatable bonds is 8. The molecule has 3 rings (SSSR count). The van der Waals surface area contributed by atoms with Crippen LogP contribution in [0.15, 0.2) is 24.3 Å². The number of benzene rings is 1. The molecule has 0 radical (unpaired) electrons. The third-order valence-corrected chi connectivity index (χ3v) is 5.72. The van der Waals surface area contributed by atoms with Gasteiger partial charge in [-0.15, -0.1) is 0 Å². The summed E-state index contributed by atoms with van der Waals surface area (Å²) in [7, 11) is 3.64. The summed E-state index contributed by atoms with van der Waals surface area (Å²) in [5.41, 5.74) is 1.26. The largest absolute Gasteiger partial charge is 0.497 e. The zero-order valence-corrected chi connectivity index (χ0v) is 15.7. The maximum absolute atomic E-state index is 12.5. The van der Waals surface area contributed by atoms with Gasteiger partial charge in [0.2, 0.25) is 5.91 Å². The van der Waals surface area contributed by atoms with Crippen molar-refractivity contribution in [3.8, 4) is 5.75 Å². The van der Waals surface area contributed by atoms with Crippen molar-refractivity contribution >= 4 is 5.91 Å². The molecule has 1 N–H and O–H groups in total. The third-order valence-electron chi connectivity index (χ3n) is 5.72. The molecular formula is C21H32N2O2. The molecule has 2 saturated carbocycles. The summed E-state index contributed by atoms with van der Waals surface area (Å²) in [6.07, 6.45) is 9.06. The quantitative estimate of drug-likeness (QED) is 0.780. The highest BCUT2D eigenvalue weighted by Crippen LogP contribution is 2.41. The summed E-state index contributed by atoms with van der Waals surface area (Å²) >= 11 is 0. The van der Waals surface area contributed by atoms with Crippen molar-refractivity contribution in [1.29, 1.82) is 0 Å². The van der Waals surface area contributed by atoms with Crippen molar-refractivity contribution < 1.29 is 9.53 Å². The van der Waals surface area contributed by atoms with Gasteiger partial charge in [-0.3, -0.25) is 4.79 Å². The van der Waals surface area contributed by atoms with Crippen LogP contribution in [0.2, 0.25) is 0 Å². The van der Waals surface area contributed by atoms with E-state index in [4.69, 9.17) is 4.74 Å². The first-order valence-electron chi connectivity index (χ1n) is 9.78. The van der Waals surface area contributed by atoms with Crippen molar-refractivity contribution in [3.05, 3.63) is 29.8 Å². The fraction of sp³-hybridized carbons (Fsp3) is 0.667. The number of nitrogens with one attached hydrogen (secondary N) is 1. The van der Waals surface area contributed by atoms with Crippen LogP contribution in [-0.2, 0) is 4.79 Å². The van der Waals surface area contributed by atoms with Crippen LogP contribution in [0.1, 0.15) is 56.6 Å². The van der Waals surface area contributed by atoms with Crippen molar-refractivity contribution in [2.75, 3.05) is 27.2 Å². The van der Waals surface area contributed by atoms with Gasteiger partial charge in [-0.05, 0) is 55.2 Å². The van der Waals surface area contributed by atoms with E-state index < -0.39 is 0 Å². The van der Waals surface area contributed by atoms with Gasteiger partial charge in [-0.2, -0.15) is 0 Å². The number of amides is 1. The lowest BCUT2D eigenvalue weighted by atomic mass is 9.89. The van der Waals surface area contributed by atoms with Gasteiger partial charge in [0.05, 0.1) is 13.7 Å². The topological polar surface area (TPSA) is 41.6 Å². The minimum atomic E-state index is 0.213. The van der Waals surface area contributed by atoms with E-state index in [9.17, 15) is 4.79 Å². The van der Waals surface area contributed by atoms with Crippen molar-refractivity contribution in [2.24, 2.45) is 11.8 Å². The van der Waals surface area contributed by atoms with Crippen LogP contribution >= 0.6 is 0 Å². The Hall–Kier alpha value is -1.55. The molecule has 138 valence electrons. The maximum atomic E-state index is 12.5. The predicted molar refractivity (Wildman–Crippen MR) is 101 cm³/mol. The fourth-order valence-corrected chi connectivity index (χ4v) is 3.99. The molecule has 0 spiro atoms. The molecule has 0 aromatic heterocycles. The monoisotopic (exact) mass is 344 g/mol. The van der Waals surface area contributed by atoms with Crippen LogP contribution in [0.3, 0.4) is 0 Å². The Morgan fingerprint density at radius 3 is 2.44 bits per heavy atom. The molecule has 0 bridgehead atoms. The van der Waals surface area contributed by atoms with E-state index in [-0.39, 0.29) is 11.9 Å². The van der Waals surface area contributed by atoms with E-state index in [1.807, 2.05) is 24.1 Å². The second-order valence-corrected chi connectivity index (χ2v) is 7.75. The molecule has 1 amide bonds. The first-order valence-corrected chi connectivity index (χ1v) is 9.78. The normalized spacial score (nSPS) is 19.4. The predicted octanol–water partition coefficient (Wildman–Crippen LogP) is 3.77. The maximum Gasteiger partial charge on any atom is 0.236 e. The van der Waals surface area contributed by atoms with Gasteiger partial charge in [0.25, 0.3) is 0 Å². The Bertz CT molecular complexity index is 548. The van der Waals surface area contributed by atoms with Gasteiger partial charge in [0.15, 0.2) is 0 Å². The highest BCUT2D eigenvalue weighted by molar-refractivity contribution is 5.78. The number of likely N-dealkylation sites (N-methyl/N-ethyl adjacent to an activating group) is 1. The van der Waals surface area contributed by atoms with E-state index in [1.165, 1.54) is 50.5 Å². The molecule has 1 unspecified atom stereocenters. The number of ether oxygens (including phenoxy) is 1. The molecule has 25 heavy (non-hydrogen) atoms. The van der Waals surface area contributed by atoms with Crippen LogP contribution in [0.4, 0.5) is 0 Å². The second kappa shape index (κ2) is 8.70. The molecular weight excluding hydrogens is 312 g/mol. The molecule has 1 aromatic carbocycles. The molecule has 4 heteroatoms. The minimum absolute atomic E-state index is 0.213. The lowest BCUT2D eigenvalue weighted by Crippen LogP contribution is -2.40. The number of methoxy groups -OCH3 is 1. The third kappa shape index (κ3) is 5.21. The summed E-state index contributed by atoms with van der Waals surface area (Å²) in [6, 6.07) is 8.51. The number of hydrogen-bond acceptors (Lipinski definition) is 3. The average molecular weight is 344 g/mol. The average Bonchev–Trinajstić information content (AvgIpc) is 3.48. The van der Waals surface area contributed by atoms with Crippen molar-refractivity contribution in [3.63, 3.8) is 0 Å². The van der Waals surface area contributed by atoms with Crippen LogP contribution in [0.25, 0.3) is 0 Å². The number of hydrogen-bond donors (Lipinski definition) is 1. The second-order valence-electron chi connectivity index (χ2n) is 7.75. The Morgan fingerprint density at radius 2 is 1.84 bits per heavy atom. The van der Waals surface area contributed by atoms with Gasteiger partial charge >= 0.3 is 0 Å². The van der Waals surface area contributed by atoms with Crippen LogP contribution in [-0.4, -0.2) is 38.1 Å². The Balaban J connectivity index is 1.51. The first kappa shape index (κ1) is 18.2. The van der Waals surface area contributed by atoms with E-state index in [1.54, 1.807) is 7.11 Å². The highest BCUT2D eigenvalue weighted by atomic mass is 16.5. The molecule has 2 aliphatic carbocycles. The van der Waals surface area contributed by atoms with Crippen LogP contribution in [0.5, 0.6) is 5.75 Å². The summed E-state index contributed by atoms with van der Waals surface area (Å²) in [4.78, 5) is 14.5. The van der Waals surface area contributed by atoms with Gasteiger partial charge in [0, 0.05) is 19.6 Å². The molecule has 0 aliphatic heterocycles. The van der Waals surface area contributed by atoms with Gasteiger partial charge in [-0.1, -0.05) is 31.4 Å². The van der Waals surface area contributed by atoms with Crippen LogP contribution in [0, 0.1) is 11.8 Å². The first-order chi connectivity index (χ1) is 12.2. The summed E-state index contributed by atoms with van der Waals surface area (Å²) in [6.45, 7) is 1.34. The summed E-state index contributed by atoms with van der Waals surface area (Å²) < 4.78 is 5.25. The Labute approximate surface area is 151 Å².